The molecular weight excluding hydrogens is 346 g/mol. The Kier molecular flexibility index (Phi) is 5.96. The Morgan fingerprint density at radius 1 is 1.11 bits per heavy atom. The fourth-order valence-corrected chi connectivity index (χ4v) is 2.65. The number of ether oxygens (including phenoxy) is 3. The molecule has 1 amide bonds. The Labute approximate surface area is 158 Å². The Hall–Kier alpha value is -3.02. The van der Waals surface area contributed by atoms with Gasteiger partial charge in [0.1, 0.15) is 0 Å². The van der Waals surface area contributed by atoms with Gasteiger partial charge in [-0.3, -0.25) is 4.79 Å². The second-order valence-corrected chi connectivity index (χ2v) is 6.28. The molecule has 0 heterocycles. The van der Waals surface area contributed by atoms with E-state index >= 15 is 0 Å². The molecular formula is C21H23NO5. The molecule has 6 nitrogen and oxygen atoms in total. The van der Waals surface area contributed by atoms with Crippen molar-refractivity contribution in [3.63, 3.8) is 0 Å². The number of hydrogen-bond acceptors (Lipinski definition) is 5. The quantitative estimate of drug-likeness (QED) is 0.723. The topological polar surface area (TPSA) is 73.9 Å². The third kappa shape index (κ3) is 4.78. The van der Waals surface area contributed by atoms with Crippen LogP contribution < -0.4 is 14.8 Å². The third-order valence-corrected chi connectivity index (χ3v) is 4.19. The number of methoxy groups -OCH3 is 1. The number of rotatable bonds is 8. The molecule has 0 spiro atoms. The summed E-state index contributed by atoms with van der Waals surface area (Å²) in [6.07, 6.45) is 0.908. The van der Waals surface area contributed by atoms with Crippen molar-refractivity contribution in [1.82, 2.24) is 5.32 Å². The third-order valence-electron chi connectivity index (χ3n) is 4.19. The van der Waals surface area contributed by atoms with Crippen LogP contribution in [0.2, 0.25) is 0 Å². The zero-order chi connectivity index (χ0) is 19.2. The van der Waals surface area contributed by atoms with Crippen LogP contribution in [0.4, 0.5) is 0 Å². The van der Waals surface area contributed by atoms with Gasteiger partial charge in [-0.1, -0.05) is 30.3 Å². The van der Waals surface area contributed by atoms with E-state index in [1.54, 1.807) is 42.5 Å². The van der Waals surface area contributed by atoms with Crippen molar-refractivity contribution in [2.75, 3.05) is 13.7 Å². The minimum Gasteiger partial charge on any atom is -0.493 e. The largest absolute Gasteiger partial charge is 0.493 e. The maximum Gasteiger partial charge on any atom is 0.339 e. The summed E-state index contributed by atoms with van der Waals surface area (Å²) >= 11 is 0. The van der Waals surface area contributed by atoms with Crippen LogP contribution in [0.25, 0.3) is 0 Å². The number of carbonyl (C=O) groups is 2. The first-order valence-electron chi connectivity index (χ1n) is 8.99. The van der Waals surface area contributed by atoms with E-state index in [-0.39, 0.29) is 17.5 Å². The molecule has 0 radical (unpaired) electrons. The van der Waals surface area contributed by atoms with E-state index in [0.717, 1.165) is 12.8 Å². The maximum atomic E-state index is 12.7. The van der Waals surface area contributed by atoms with Crippen LogP contribution in [0, 0.1) is 0 Å². The van der Waals surface area contributed by atoms with E-state index < -0.39 is 12.1 Å². The van der Waals surface area contributed by atoms with Crippen molar-refractivity contribution in [2.24, 2.45) is 0 Å². The van der Waals surface area contributed by atoms with Crippen molar-refractivity contribution < 1.29 is 23.8 Å². The van der Waals surface area contributed by atoms with Gasteiger partial charge in [0.15, 0.2) is 11.5 Å². The lowest BCUT2D eigenvalue weighted by Gasteiger charge is -2.18. The van der Waals surface area contributed by atoms with E-state index in [0.29, 0.717) is 23.7 Å². The van der Waals surface area contributed by atoms with Gasteiger partial charge in [-0.2, -0.15) is 0 Å². The van der Waals surface area contributed by atoms with Gasteiger partial charge in [0.2, 0.25) is 6.10 Å². The summed E-state index contributed by atoms with van der Waals surface area (Å²) in [7, 11) is 1.50. The summed E-state index contributed by atoms with van der Waals surface area (Å²) < 4.78 is 16.3. The van der Waals surface area contributed by atoms with Crippen LogP contribution in [-0.4, -0.2) is 31.6 Å². The molecule has 142 valence electrons. The highest BCUT2D eigenvalue weighted by Gasteiger charge is 2.31. The second kappa shape index (κ2) is 8.58. The molecule has 1 saturated carbocycles. The lowest BCUT2D eigenvalue weighted by atomic mass is 10.1. The van der Waals surface area contributed by atoms with Crippen molar-refractivity contribution in [3.8, 4) is 11.5 Å². The Morgan fingerprint density at radius 2 is 1.85 bits per heavy atom. The van der Waals surface area contributed by atoms with Crippen molar-refractivity contribution >= 4 is 11.9 Å². The Bertz CT molecular complexity index is 801. The fraction of sp³-hybridized carbons (Fsp3) is 0.333. The van der Waals surface area contributed by atoms with Gasteiger partial charge in [0.25, 0.3) is 5.91 Å². The van der Waals surface area contributed by atoms with Gasteiger partial charge in [-0.05, 0) is 38.0 Å². The van der Waals surface area contributed by atoms with Crippen LogP contribution in [0.15, 0.2) is 48.5 Å². The van der Waals surface area contributed by atoms with Gasteiger partial charge >= 0.3 is 5.97 Å². The average molecular weight is 369 g/mol. The summed E-state index contributed by atoms with van der Waals surface area (Å²) in [6, 6.07) is 14.0. The van der Waals surface area contributed by atoms with Crippen LogP contribution in [0.1, 0.15) is 41.8 Å². The molecule has 3 rings (SSSR count). The van der Waals surface area contributed by atoms with Crippen molar-refractivity contribution in [2.45, 2.75) is 31.9 Å². The second-order valence-electron chi connectivity index (χ2n) is 6.28. The Morgan fingerprint density at radius 3 is 2.48 bits per heavy atom. The summed E-state index contributed by atoms with van der Waals surface area (Å²) in [6.45, 7) is 2.35. The standard InChI is InChI=1S/C21H23NO5/c1-3-26-17-12-9-15(13-18(17)25-2)21(24)27-19(14-7-5-4-6-8-14)20(23)22-16-10-11-16/h4-9,12-13,16,19H,3,10-11H2,1-2H3,(H,22,23). The van der Waals surface area contributed by atoms with Crippen LogP contribution in [-0.2, 0) is 9.53 Å². The van der Waals surface area contributed by atoms with Crippen molar-refractivity contribution in [1.29, 1.82) is 0 Å². The van der Waals surface area contributed by atoms with Crippen molar-refractivity contribution in [3.05, 3.63) is 59.7 Å². The number of amides is 1. The molecule has 0 aromatic heterocycles. The van der Waals surface area contributed by atoms with E-state index in [1.807, 2.05) is 13.0 Å². The minimum atomic E-state index is -1.00. The summed E-state index contributed by atoms with van der Waals surface area (Å²) in [4.78, 5) is 25.3. The lowest BCUT2D eigenvalue weighted by Crippen LogP contribution is -2.33. The molecule has 27 heavy (non-hydrogen) atoms. The molecule has 1 N–H and O–H groups in total. The van der Waals surface area contributed by atoms with Crippen LogP contribution >= 0.6 is 0 Å². The first-order chi connectivity index (χ1) is 13.1. The molecule has 2 aromatic rings. The van der Waals surface area contributed by atoms with E-state index in [2.05, 4.69) is 5.32 Å². The monoisotopic (exact) mass is 369 g/mol. The van der Waals surface area contributed by atoms with Gasteiger partial charge in [0, 0.05) is 11.6 Å². The first kappa shape index (κ1) is 18.8. The van der Waals surface area contributed by atoms with E-state index in [1.165, 1.54) is 7.11 Å². The molecule has 6 heteroatoms. The van der Waals surface area contributed by atoms with Gasteiger partial charge in [-0.25, -0.2) is 4.79 Å². The Balaban J connectivity index is 1.80. The average Bonchev–Trinajstić information content (AvgIpc) is 3.51. The zero-order valence-corrected chi connectivity index (χ0v) is 15.4. The lowest BCUT2D eigenvalue weighted by molar-refractivity contribution is -0.130. The molecule has 0 aliphatic heterocycles. The van der Waals surface area contributed by atoms with Gasteiger partial charge in [-0.15, -0.1) is 0 Å². The number of hydrogen-bond donors (Lipinski definition) is 1. The van der Waals surface area contributed by atoms with E-state index in [4.69, 9.17) is 14.2 Å². The highest BCUT2D eigenvalue weighted by molar-refractivity contribution is 5.93. The summed E-state index contributed by atoms with van der Waals surface area (Å²) in [5, 5.41) is 2.90. The first-order valence-corrected chi connectivity index (χ1v) is 8.99. The minimum absolute atomic E-state index is 0.174. The van der Waals surface area contributed by atoms with Gasteiger partial charge < -0.3 is 19.5 Å². The molecule has 1 atom stereocenters. The maximum absolute atomic E-state index is 12.7. The zero-order valence-electron chi connectivity index (χ0n) is 15.4. The number of esters is 1. The number of carbonyl (C=O) groups excluding carboxylic acids is 2. The molecule has 1 unspecified atom stereocenters. The molecule has 2 aromatic carbocycles. The predicted octanol–water partition coefficient (Wildman–Crippen LogP) is 3.27. The SMILES string of the molecule is CCOc1ccc(C(=O)OC(C(=O)NC2CC2)c2ccccc2)cc1OC. The number of nitrogens with one attached hydrogen (secondary N) is 1. The number of benzene rings is 2. The van der Waals surface area contributed by atoms with Gasteiger partial charge in [0.05, 0.1) is 19.3 Å². The normalized spacial score (nSPS) is 14.1. The molecule has 1 fully saturated rings. The molecule has 1 aliphatic carbocycles. The van der Waals surface area contributed by atoms with Crippen LogP contribution in [0.5, 0.6) is 11.5 Å². The molecule has 0 saturated heterocycles. The highest BCUT2D eigenvalue weighted by atomic mass is 16.5. The predicted molar refractivity (Wildman–Crippen MR) is 99.9 cm³/mol. The smallest absolute Gasteiger partial charge is 0.339 e. The van der Waals surface area contributed by atoms with Crippen LogP contribution in [0.3, 0.4) is 0 Å². The molecule has 0 bridgehead atoms. The summed E-state index contributed by atoms with van der Waals surface area (Å²) in [5.41, 5.74) is 0.914. The molecule has 1 aliphatic rings. The fourth-order valence-electron chi connectivity index (χ4n) is 2.65. The van der Waals surface area contributed by atoms with E-state index in [9.17, 15) is 9.59 Å². The highest BCUT2D eigenvalue weighted by Crippen LogP contribution is 2.29. The summed E-state index contributed by atoms with van der Waals surface area (Å²) in [5.74, 6) is 0.0683.